The Morgan fingerprint density at radius 3 is 2.85 bits per heavy atom. The molecular formula is C20H30N4O2S. The van der Waals surface area contributed by atoms with Crippen molar-refractivity contribution in [3.8, 4) is 5.75 Å². The topological polar surface area (TPSA) is 52.1 Å². The van der Waals surface area contributed by atoms with Gasteiger partial charge in [0.05, 0.1) is 7.11 Å². The summed E-state index contributed by atoms with van der Waals surface area (Å²) < 4.78 is 5.35. The molecule has 7 heteroatoms. The van der Waals surface area contributed by atoms with Crippen molar-refractivity contribution in [3.05, 3.63) is 40.9 Å². The van der Waals surface area contributed by atoms with Crippen LogP contribution in [-0.2, 0) is 13.1 Å². The van der Waals surface area contributed by atoms with Gasteiger partial charge in [0.25, 0.3) is 0 Å². The lowest BCUT2D eigenvalue weighted by molar-refractivity contribution is 0.0504. The Morgan fingerprint density at radius 2 is 2.15 bits per heavy atom. The molecule has 3 rings (SSSR count). The van der Waals surface area contributed by atoms with Crippen LogP contribution < -0.4 is 9.64 Å². The first-order valence-electron chi connectivity index (χ1n) is 9.41. The Labute approximate surface area is 166 Å². The Morgan fingerprint density at radius 1 is 1.30 bits per heavy atom. The van der Waals surface area contributed by atoms with Gasteiger partial charge in [0.1, 0.15) is 5.75 Å². The van der Waals surface area contributed by atoms with E-state index in [1.807, 2.05) is 32.4 Å². The van der Waals surface area contributed by atoms with E-state index in [-0.39, 0.29) is 6.61 Å². The van der Waals surface area contributed by atoms with Gasteiger partial charge in [0, 0.05) is 70.5 Å². The minimum atomic E-state index is 0.221. The van der Waals surface area contributed by atoms with Gasteiger partial charge >= 0.3 is 0 Å². The van der Waals surface area contributed by atoms with E-state index in [4.69, 9.17) is 4.74 Å². The van der Waals surface area contributed by atoms with Crippen molar-refractivity contribution < 1.29 is 9.84 Å². The summed E-state index contributed by atoms with van der Waals surface area (Å²) in [6, 6.07) is 8.62. The molecule has 0 aliphatic carbocycles. The van der Waals surface area contributed by atoms with Crippen molar-refractivity contribution in [1.29, 1.82) is 0 Å². The maximum Gasteiger partial charge on any atom is 0.185 e. The molecule has 6 nitrogen and oxygen atoms in total. The second kappa shape index (κ2) is 9.50. The van der Waals surface area contributed by atoms with Crippen LogP contribution >= 0.6 is 11.3 Å². The average Bonchev–Trinajstić information content (AvgIpc) is 3.13. The highest BCUT2D eigenvalue weighted by molar-refractivity contribution is 7.15. The summed E-state index contributed by atoms with van der Waals surface area (Å²) >= 11 is 1.75. The molecule has 0 saturated carbocycles. The third-order valence-corrected chi connectivity index (χ3v) is 6.12. The molecule has 148 valence electrons. The van der Waals surface area contributed by atoms with Crippen molar-refractivity contribution in [1.82, 2.24) is 14.8 Å². The van der Waals surface area contributed by atoms with Crippen LogP contribution in [0.4, 0.5) is 5.13 Å². The molecule has 1 aliphatic rings. The van der Waals surface area contributed by atoms with Crippen LogP contribution in [0.3, 0.4) is 0 Å². The van der Waals surface area contributed by atoms with Crippen molar-refractivity contribution in [2.45, 2.75) is 25.6 Å². The molecule has 1 saturated heterocycles. The molecule has 2 aromatic rings. The number of benzene rings is 1. The SMILES string of the molecule is COc1cccc(CN2CCN(Cc3cnc(N(C)C)s3)C[C@@H]2CCO)c1. The smallest absolute Gasteiger partial charge is 0.185 e. The molecule has 0 radical (unpaired) electrons. The zero-order valence-corrected chi connectivity index (χ0v) is 17.3. The highest BCUT2D eigenvalue weighted by atomic mass is 32.1. The summed E-state index contributed by atoms with van der Waals surface area (Å²) in [4.78, 5) is 12.8. The molecule has 1 aromatic carbocycles. The molecule has 27 heavy (non-hydrogen) atoms. The molecule has 0 unspecified atom stereocenters. The first-order chi connectivity index (χ1) is 13.1. The zero-order valence-electron chi connectivity index (χ0n) is 16.5. The van der Waals surface area contributed by atoms with Gasteiger partial charge in [-0.25, -0.2) is 4.98 Å². The first-order valence-corrected chi connectivity index (χ1v) is 10.2. The maximum absolute atomic E-state index is 9.55. The summed E-state index contributed by atoms with van der Waals surface area (Å²) in [5, 5.41) is 10.6. The molecule has 0 bridgehead atoms. The maximum atomic E-state index is 9.55. The second-order valence-electron chi connectivity index (χ2n) is 7.23. The minimum absolute atomic E-state index is 0.221. The Bertz CT molecular complexity index is 722. The fourth-order valence-corrected chi connectivity index (χ4v) is 4.41. The quantitative estimate of drug-likeness (QED) is 0.746. The van der Waals surface area contributed by atoms with Crippen LogP contribution in [0.5, 0.6) is 5.75 Å². The third-order valence-electron chi connectivity index (χ3n) is 4.97. The molecule has 1 aliphatic heterocycles. The van der Waals surface area contributed by atoms with Crippen LogP contribution in [0.2, 0.25) is 0 Å². The number of aliphatic hydroxyl groups excluding tert-OH is 1. The predicted octanol–water partition coefficient (Wildman–Crippen LogP) is 2.29. The summed E-state index contributed by atoms with van der Waals surface area (Å²) in [5.41, 5.74) is 1.25. The largest absolute Gasteiger partial charge is 0.497 e. The van der Waals surface area contributed by atoms with Crippen molar-refractivity contribution in [3.63, 3.8) is 0 Å². The lowest BCUT2D eigenvalue weighted by Gasteiger charge is -2.41. The van der Waals surface area contributed by atoms with E-state index in [1.165, 1.54) is 10.4 Å². The molecule has 1 aromatic heterocycles. The van der Waals surface area contributed by atoms with Gasteiger partial charge < -0.3 is 14.7 Å². The molecule has 1 fully saturated rings. The number of piperazine rings is 1. The number of thiazole rings is 1. The molecule has 2 heterocycles. The Kier molecular flexibility index (Phi) is 7.07. The lowest BCUT2D eigenvalue weighted by Crippen LogP contribution is -2.52. The number of aromatic nitrogens is 1. The lowest BCUT2D eigenvalue weighted by atomic mass is 10.1. The highest BCUT2D eigenvalue weighted by Crippen LogP contribution is 2.24. The van der Waals surface area contributed by atoms with Gasteiger partial charge in [-0.3, -0.25) is 9.80 Å². The van der Waals surface area contributed by atoms with Crippen LogP contribution in [-0.4, -0.2) is 73.4 Å². The fraction of sp³-hybridized carbons (Fsp3) is 0.550. The second-order valence-corrected chi connectivity index (χ2v) is 8.32. The number of methoxy groups -OCH3 is 1. The molecular weight excluding hydrogens is 360 g/mol. The average molecular weight is 391 g/mol. The van der Waals surface area contributed by atoms with Gasteiger partial charge in [-0.15, -0.1) is 11.3 Å². The number of hydrogen-bond donors (Lipinski definition) is 1. The van der Waals surface area contributed by atoms with Crippen molar-refractivity contribution in [2.24, 2.45) is 0 Å². The monoisotopic (exact) mass is 390 g/mol. The Balaban J connectivity index is 1.61. The van der Waals surface area contributed by atoms with Crippen LogP contribution in [0.1, 0.15) is 16.9 Å². The van der Waals surface area contributed by atoms with E-state index in [2.05, 4.69) is 31.8 Å². The van der Waals surface area contributed by atoms with Gasteiger partial charge in [0.15, 0.2) is 5.13 Å². The van der Waals surface area contributed by atoms with E-state index < -0.39 is 0 Å². The van der Waals surface area contributed by atoms with Crippen LogP contribution in [0.15, 0.2) is 30.5 Å². The first kappa shape index (κ1) is 20.1. The highest BCUT2D eigenvalue weighted by Gasteiger charge is 2.27. The molecule has 0 spiro atoms. The van der Waals surface area contributed by atoms with E-state index in [0.29, 0.717) is 6.04 Å². The van der Waals surface area contributed by atoms with Gasteiger partial charge in [0.2, 0.25) is 0 Å². The fourth-order valence-electron chi connectivity index (χ4n) is 3.53. The zero-order chi connectivity index (χ0) is 19.2. The van der Waals surface area contributed by atoms with Gasteiger partial charge in [-0.2, -0.15) is 0 Å². The number of aliphatic hydroxyl groups is 1. The van der Waals surface area contributed by atoms with Crippen LogP contribution in [0, 0.1) is 0 Å². The number of rotatable bonds is 8. The summed E-state index contributed by atoms with van der Waals surface area (Å²) in [6.45, 7) is 5.04. The number of hydrogen-bond acceptors (Lipinski definition) is 7. The van der Waals surface area contributed by atoms with Gasteiger partial charge in [-0.1, -0.05) is 12.1 Å². The van der Waals surface area contributed by atoms with Crippen LogP contribution in [0.25, 0.3) is 0 Å². The normalized spacial score (nSPS) is 18.6. The standard InChI is InChI=1S/C20H30N4O2S/c1-22(2)20-21-12-19(27-20)15-23-8-9-24(17(14-23)7-10-25)13-16-5-4-6-18(11-16)26-3/h4-6,11-12,17,25H,7-10,13-15H2,1-3H3/t17-/m0/s1. The van der Waals surface area contributed by atoms with Crippen molar-refractivity contribution >= 4 is 16.5 Å². The van der Waals surface area contributed by atoms with E-state index >= 15 is 0 Å². The molecule has 1 atom stereocenters. The summed E-state index contributed by atoms with van der Waals surface area (Å²) in [7, 11) is 5.75. The summed E-state index contributed by atoms with van der Waals surface area (Å²) in [6.07, 6.45) is 2.79. The van der Waals surface area contributed by atoms with E-state index in [0.717, 1.165) is 50.0 Å². The predicted molar refractivity (Wildman–Crippen MR) is 111 cm³/mol. The number of ether oxygens (including phenoxy) is 1. The number of nitrogens with zero attached hydrogens (tertiary/aromatic N) is 4. The minimum Gasteiger partial charge on any atom is -0.497 e. The van der Waals surface area contributed by atoms with E-state index in [9.17, 15) is 5.11 Å². The van der Waals surface area contributed by atoms with Gasteiger partial charge in [-0.05, 0) is 24.1 Å². The Hall–Kier alpha value is -1.67. The summed E-state index contributed by atoms with van der Waals surface area (Å²) in [5.74, 6) is 0.895. The van der Waals surface area contributed by atoms with E-state index in [1.54, 1.807) is 18.4 Å². The third kappa shape index (κ3) is 5.42. The molecule has 1 N–H and O–H groups in total. The molecule has 0 amide bonds. The van der Waals surface area contributed by atoms with Crippen molar-refractivity contribution in [2.75, 3.05) is 52.3 Å². The number of anilines is 1.